The monoisotopic (exact) mass is 257 g/mol. The van der Waals surface area contributed by atoms with E-state index >= 15 is 0 Å². The summed E-state index contributed by atoms with van der Waals surface area (Å²) in [6.45, 7) is 2.82. The van der Waals surface area contributed by atoms with Gasteiger partial charge in [0.15, 0.2) is 5.78 Å². The maximum absolute atomic E-state index is 12.2. The number of anilines is 1. The molecule has 1 heterocycles. The summed E-state index contributed by atoms with van der Waals surface area (Å²) in [4.78, 5) is 25.7. The summed E-state index contributed by atoms with van der Waals surface area (Å²) in [6.07, 6.45) is 3.94. The van der Waals surface area contributed by atoms with Crippen LogP contribution in [-0.2, 0) is 4.79 Å². The fraction of sp³-hybridized carbons (Fsp3) is 0.500. The number of amides is 1. The minimum atomic E-state index is 0.138. The summed E-state index contributed by atoms with van der Waals surface area (Å²) in [6, 6.07) is 7.52. The van der Waals surface area contributed by atoms with E-state index in [0.717, 1.165) is 24.2 Å². The zero-order valence-corrected chi connectivity index (χ0v) is 11.3. The Morgan fingerprint density at radius 1 is 1.26 bits per heavy atom. The average Bonchev–Trinajstić information content (AvgIpc) is 3.20. The number of rotatable bonds is 4. The van der Waals surface area contributed by atoms with Gasteiger partial charge in [0.1, 0.15) is 0 Å². The third-order valence-electron chi connectivity index (χ3n) is 4.28. The molecule has 0 spiro atoms. The van der Waals surface area contributed by atoms with Crippen LogP contribution >= 0.6 is 0 Å². The van der Waals surface area contributed by atoms with Gasteiger partial charge in [0.05, 0.1) is 0 Å². The predicted molar refractivity (Wildman–Crippen MR) is 74.2 cm³/mol. The molecule has 2 aliphatic rings. The lowest BCUT2D eigenvalue weighted by Gasteiger charge is -2.16. The lowest BCUT2D eigenvalue weighted by Crippen LogP contribution is -2.23. The summed E-state index contributed by atoms with van der Waals surface area (Å²) in [5.41, 5.74) is 1.69. The van der Waals surface area contributed by atoms with E-state index in [0.29, 0.717) is 12.3 Å². The molecule has 0 bridgehead atoms. The van der Waals surface area contributed by atoms with E-state index in [4.69, 9.17) is 0 Å². The molecule has 1 amide bonds. The molecule has 1 unspecified atom stereocenters. The molecule has 19 heavy (non-hydrogen) atoms. The molecule has 3 heteroatoms. The normalized spacial score (nSPS) is 20.7. The zero-order chi connectivity index (χ0) is 13.4. The molecule has 0 N–H and O–H groups in total. The Balaban J connectivity index is 1.74. The maximum atomic E-state index is 12.2. The Hall–Kier alpha value is -1.64. The van der Waals surface area contributed by atoms with Crippen LogP contribution in [0.5, 0.6) is 0 Å². The van der Waals surface area contributed by atoms with Gasteiger partial charge in [0, 0.05) is 30.1 Å². The third-order valence-corrected chi connectivity index (χ3v) is 4.28. The molecule has 1 aromatic rings. The van der Waals surface area contributed by atoms with Gasteiger partial charge >= 0.3 is 0 Å². The first-order chi connectivity index (χ1) is 9.16. The van der Waals surface area contributed by atoms with Crippen LogP contribution in [0.2, 0.25) is 0 Å². The van der Waals surface area contributed by atoms with E-state index in [9.17, 15) is 9.59 Å². The number of carbonyl (C=O) groups excluding carboxylic acids is 2. The van der Waals surface area contributed by atoms with Crippen LogP contribution in [0.15, 0.2) is 24.3 Å². The van der Waals surface area contributed by atoms with Crippen molar-refractivity contribution in [2.24, 2.45) is 11.8 Å². The number of Topliss-reactive ketones (excluding diaryl/α,β-unsaturated/α-hetero) is 1. The van der Waals surface area contributed by atoms with Crippen LogP contribution < -0.4 is 4.90 Å². The number of carbonyl (C=O) groups is 2. The number of ketones is 1. The Kier molecular flexibility index (Phi) is 3.13. The van der Waals surface area contributed by atoms with Crippen molar-refractivity contribution in [3.63, 3.8) is 0 Å². The van der Waals surface area contributed by atoms with Gasteiger partial charge in [-0.2, -0.15) is 0 Å². The summed E-state index contributed by atoms with van der Waals surface area (Å²) in [5, 5.41) is 0. The number of nitrogens with zero attached hydrogens (tertiary/aromatic N) is 1. The second-order valence-corrected chi connectivity index (χ2v) is 5.69. The van der Waals surface area contributed by atoms with Gasteiger partial charge < -0.3 is 4.90 Å². The van der Waals surface area contributed by atoms with Gasteiger partial charge in [-0.05, 0) is 49.4 Å². The average molecular weight is 257 g/mol. The Bertz CT molecular complexity index is 502. The lowest BCUT2D eigenvalue weighted by molar-refractivity contribution is -0.117. The topological polar surface area (TPSA) is 37.4 Å². The van der Waals surface area contributed by atoms with Crippen molar-refractivity contribution < 1.29 is 9.59 Å². The Morgan fingerprint density at radius 3 is 2.47 bits per heavy atom. The van der Waals surface area contributed by atoms with E-state index in [1.807, 2.05) is 31.2 Å². The van der Waals surface area contributed by atoms with Crippen molar-refractivity contribution in [2.75, 3.05) is 11.4 Å². The summed E-state index contributed by atoms with van der Waals surface area (Å²) >= 11 is 0. The molecule has 3 rings (SSSR count). The van der Waals surface area contributed by atoms with Crippen LogP contribution in [0.1, 0.15) is 43.0 Å². The van der Waals surface area contributed by atoms with E-state index in [1.54, 1.807) is 4.90 Å². The smallest absolute Gasteiger partial charge is 0.227 e. The van der Waals surface area contributed by atoms with E-state index in [1.165, 1.54) is 12.8 Å². The molecule has 1 aliphatic carbocycles. The molecule has 1 aromatic carbocycles. The van der Waals surface area contributed by atoms with Crippen molar-refractivity contribution in [2.45, 2.75) is 32.6 Å². The molecular weight excluding hydrogens is 238 g/mol. The highest BCUT2D eigenvalue weighted by Crippen LogP contribution is 2.38. The van der Waals surface area contributed by atoms with Crippen LogP contribution in [0.25, 0.3) is 0 Å². The summed E-state index contributed by atoms with van der Waals surface area (Å²) < 4.78 is 0. The highest BCUT2D eigenvalue weighted by molar-refractivity contribution is 5.99. The van der Waals surface area contributed by atoms with Crippen LogP contribution in [0, 0.1) is 11.8 Å². The van der Waals surface area contributed by atoms with Gasteiger partial charge in [-0.15, -0.1) is 0 Å². The second kappa shape index (κ2) is 4.80. The van der Waals surface area contributed by atoms with E-state index in [2.05, 4.69) is 0 Å². The first-order valence-corrected chi connectivity index (χ1v) is 7.11. The third kappa shape index (κ3) is 2.42. The predicted octanol–water partition coefficient (Wildman–Crippen LogP) is 3.04. The molecule has 100 valence electrons. The molecular formula is C16H19NO2. The van der Waals surface area contributed by atoms with Crippen molar-refractivity contribution in [1.82, 2.24) is 0 Å². The number of hydrogen-bond donors (Lipinski definition) is 0. The minimum Gasteiger partial charge on any atom is -0.312 e. The fourth-order valence-electron chi connectivity index (χ4n) is 2.80. The molecule has 0 radical (unpaired) electrons. The molecule has 3 nitrogen and oxygen atoms in total. The van der Waals surface area contributed by atoms with Crippen molar-refractivity contribution in [1.29, 1.82) is 0 Å². The first kappa shape index (κ1) is 12.4. The SMILES string of the molecule is CC(C(=O)c1ccc(N2CCCC2=O)cc1)C1CC1. The summed E-state index contributed by atoms with van der Waals surface area (Å²) in [7, 11) is 0. The van der Waals surface area contributed by atoms with Gasteiger partial charge in [0.25, 0.3) is 0 Å². The number of hydrogen-bond acceptors (Lipinski definition) is 2. The highest BCUT2D eigenvalue weighted by atomic mass is 16.2. The standard InChI is InChI=1S/C16H19NO2/c1-11(12-4-5-12)16(19)13-6-8-14(9-7-13)17-10-2-3-15(17)18/h6-9,11-12H,2-5,10H2,1H3. The van der Waals surface area contributed by atoms with Gasteiger partial charge in [-0.25, -0.2) is 0 Å². The number of benzene rings is 1. The summed E-state index contributed by atoms with van der Waals surface area (Å²) in [5.74, 6) is 1.15. The molecule has 1 aliphatic heterocycles. The molecule has 1 atom stereocenters. The largest absolute Gasteiger partial charge is 0.312 e. The van der Waals surface area contributed by atoms with Crippen molar-refractivity contribution in [3.05, 3.63) is 29.8 Å². The lowest BCUT2D eigenvalue weighted by atomic mass is 9.95. The van der Waals surface area contributed by atoms with Crippen LogP contribution in [0.4, 0.5) is 5.69 Å². The van der Waals surface area contributed by atoms with Crippen molar-refractivity contribution in [3.8, 4) is 0 Å². The zero-order valence-electron chi connectivity index (χ0n) is 11.3. The van der Waals surface area contributed by atoms with Gasteiger partial charge in [-0.1, -0.05) is 6.92 Å². The fourth-order valence-corrected chi connectivity index (χ4v) is 2.80. The Morgan fingerprint density at radius 2 is 1.95 bits per heavy atom. The van der Waals surface area contributed by atoms with E-state index in [-0.39, 0.29) is 17.6 Å². The minimum absolute atomic E-state index is 0.138. The van der Waals surface area contributed by atoms with Crippen molar-refractivity contribution >= 4 is 17.4 Å². The first-order valence-electron chi connectivity index (χ1n) is 7.11. The molecule has 1 saturated heterocycles. The second-order valence-electron chi connectivity index (χ2n) is 5.69. The highest BCUT2D eigenvalue weighted by Gasteiger charge is 2.33. The van der Waals surface area contributed by atoms with Crippen LogP contribution in [0.3, 0.4) is 0 Å². The Labute approximate surface area is 113 Å². The maximum Gasteiger partial charge on any atom is 0.227 e. The molecule has 1 saturated carbocycles. The van der Waals surface area contributed by atoms with Gasteiger partial charge in [-0.3, -0.25) is 9.59 Å². The molecule has 2 fully saturated rings. The van der Waals surface area contributed by atoms with Crippen LogP contribution in [-0.4, -0.2) is 18.2 Å². The van der Waals surface area contributed by atoms with Gasteiger partial charge in [0.2, 0.25) is 5.91 Å². The molecule has 0 aromatic heterocycles. The van der Waals surface area contributed by atoms with E-state index < -0.39 is 0 Å². The quantitative estimate of drug-likeness (QED) is 0.777.